The largest absolute Gasteiger partial charge is 0.468 e. The Kier molecular flexibility index (Phi) is 3.43. The second kappa shape index (κ2) is 4.82. The van der Waals surface area contributed by atoms with Crippen molar-refractivity contribution in [1.29, 1.82) is 0 Å². The molecule has 1 fully saturated rings. The van der Waals surface area contributed by atoms with Gasteiger partial charge in [0.25, 0.3) is 0 Å². The third-order valence-corrected chi connectivity index (χ3v) is 2.88. The van der Waals surface area contributed by atoms with Crippen LogP contribution in [-0.4, -0.2) is 19.1 Å². The van der Waals surface area contributed by atoms with Crippen molar-refractivity contribution in [1.82, 2.24) is 10.9 Å². The molecule has 86 valence electrons. The lowest BCUT2D eigenvalue weighted by molar-refractivity contribution is -0.142. The van der Waals surface area contributed by atoms with Gasteiger partial charge in [0, 0.05) is 11.1 Å². The zero-order valence-electron chi connectivity index (χ0n) is 8.87. The van der Waals surface area contributed by atoms with Crippen molar-refractivity contribution in [2.24, 2.45) is 0 Å². The molecule has 1 aromatic rings. The first kappa shape index (κ1) is 11.4. The molecule has 1 heterocycles. The third-order valence-electron chi connectivity index (χ3n) is 2.64. The molecule has 5 heteroatoms. The number of halogens is 1. The van der Waals surface area contributed by atoms with Crippen molar-refractivity contribution < 1.29 is 9.53 Å². The first-order valence-corrected chi connectivity index (χ1v) is 5.43. The number of methoxy groups -OCH3 is 1. The van der Waals surface area contributed by atoms with Gasteiger partial charge in [-0.25, -0.2) is 10.9 Å². The van der Waals surface area contributed by atoms with Crippen LogP contribution in [0.15, 0.2) is 24.3 Å². The fraction of sp³-hybridized carbons (Fsp3) is 0.364. The Labute approximate surface area is 98.9 Å². The molecule has 16 heavy (non-hydrogen) atoms. The molecule has 2 atom stereocenters. The monoisotopic (exact) mass is 240 g/mol. The van der Waals surface area contributed by atoms with Gasteiger partial charge in [-0.2, -0.15) is 0 Å². The van der Waals surface area contributed by atoms with Crippen LogP contribution in [-0.2, 0) is 9.53 Å². The molecule has 0 aromatic heterocycles. The summed E-state index contributed by atoms with van der Waals surface area (Å²) in [6.45, 7) is 0. The fourth-order valence-electron chi connectivity index (χ4n) is 1.79. The number of ether oxygens (including phenoxy) is 1. The maximum absolute atomic E-state index is 11.3. The van der Waals surface area contributed by atoms with E-state index in [1.165, 1.54) is 7.11 Å². The highest BCUT2D eigenvalue weighted by atomic mass is 35.5. The molecule has 1 aliphatic heterocycles. The van der Waals surface area contributed by atoms with E-state index < -0.39 is 0 Å². The Morgan fingerprint density at radius 2 is 2.31 bits per heavy atom. The predicted molar refractivity (Wildman–Crippen MR) is 60.9 cm³/mol. The quantitative estimate of drug-likeness (QED) is 0.768. The van der Waals surface area contributed by atoms with Gasteiger partial charge in [0.2, 0.25) is 0 Å². The highest BCUT2D eigenvalue weighted by Gasteiger charge is 2.30. The summed E-state index contributed by atoms with van der Waals surface area (Å²) < 4.78 is 4.67. The summed E-state index contributed by atoms with van der Waals surface area (Å²) in [5, 5.41) is 0.695. The van der Waals surface area contributed by atoms with Gasteiger partial charge in [0.05, 0.1) is 7.11 Å². The van der Waals surface area contributed by atoms with E-state index in [4.69, 9.17) is 11.6 Å². The summed E-state index contributed by atoms with van der Waals surface area (Å²) in [5.74, 6) is -0.253. The van der Waals surface area contributed by atoms with Crippen LogP contribution in [0.4, 0.5) is 0 Å². The van der Waals surface area contributed by atoms with Crippen LogP contribution in [0.1, 0.15) is 18.0 Å². The minimum Gasteiger partial charge on any atom is -0.468 e. The van der Waals surface area contributed by atoms with Crippen molar-refractivity contribution in [2.75, 3.05) is 7.11 Å². The van der Waals surface area contributed by atoms with Crippen LogP contribution >= 0.6 is 11.6 Å². The van der Waals surface area contributed by atoms with Gasteiger partial charge >= 0.3 is 5.97 Å². The first-order valence-electron chi connectivity index (χ1n) is 5.05. The Bertz CT molecular complexity index is 397. The SMILES string of the molecule is COC(=O)C1CC(c2cccc(Cl)c2)NN1. The van der Waals surface area contributed by atoms with E-state index >= 15 is 0 Å². The van der Waals surface area contributed by atoms with Crippen LogP contribution in [0.5, 0.6) is 0 Å². The van der Waals surface area contributed by atoms with E-state index in [2.05, 4.69) is 15.6 Å². The molecule has 0 spiro atoms. The van der Waals surface area contributed by atoms with Crippen molar-refractivity contribution in [3.63, 3.8) is 0 Å². The van der Waals surface area contributed by atoms with Crippen molar-refractivity contribution in [2.45, 2.75) is 18.5 Å². The lowest BCUT2D eigenvalue weighted by Crippen LogP contribution is -2.36. The lowest BCUT2D eigenvalue weighted by Gasteiger charge is -2.09. The van der Waals surface area contributed by atoms with Crippen molar-refractivity contribution in [3.8, 4) is 0 Å². The number of nitrogens with one attached hydrogen (secondary N) is 2. The number of hydrogen-bond donors (Lipinski definition) is 2. The maximum Gasteiger partial charge on any atom is 0.324 e. The molecule has 0 radical (unpaired) electrons. The Morgan fingerprint density at radius 3 is 3.00 bits per heavy atom. The minimum absolute atomic E-state index is 0.0859. The zero-order valence-corrected chi connectivity index (χ0v) is 9.62. The molecule has 1 saturated heterocycles. The van der Waals surface area contributed by atoms with E-state index in [-0.39, 0.29) is 18.1 Å². The van der Waals surface area contributed by atoms with Crippen LogP contribution in [0.3, 0.4) is 0 Å². The van der Waals surface area contributed by atoms with Crippen molar-refractivity contribution in [3.05, 3.63) is 34.9 Å². The van der Waals surface area contributed by atoms with Gasteiger partial charge < -0.3 is 4.74 Å². The number of hydrogen-bond acceptors (Lipinski definition) is 4. The number of hydrazine groups is 1. The highest BCUT2D eigenvalue weighted by molar-refractivity contribution is 6.30. The predicted octanol–water partition coefficient (Wildman–Crippen LogP) is 1.42. The molecule has 0 bridgehead atoms. The van der Waals surface area contributed by atoms with E-state index in [1.54, 1.807) is 0 Å². The standard InChI is InChI=1S/C11H13ClN2O2/c1-16-11(15)10-6-9(13-14-10)7-3-2-4-8(12)5-7/h2-5,9-10,13-14H,6H2,1H3. The summed E-state index contributed by atoms with van der Waals surface area (Å²) in [4.78, 5) is 11.3. The summed E-state index contributed by atoms with van der Waals surface area (Å²) in [5.41, 5.74) is 7.03. The van der Waals surface area contributed by atoms with Gasteiger partial charge in [-0.15, -0.1) is 0 Å². The van der Waals surface area contributed by atoms with Gasteiger partial charge in [-0.1, -0.05) is 23.7 Å². The highest BCUT2D eigenvalue weighted by Crippen LogP contribution is 2.24. The topological polar surface area (TPSA) is 50.4 Å². The van der Waals surface area contributed by atoms with Gasteiger partial charge in [-0.05, 0) is 24.1 Å². The summed E-state index contributed by atoms with van der Waals surface area (Å²) in [6.07, 6.45) is 0.660. The molecule has 4 nitrogen and oxygen atoms in total. The Hall–Kier alpha value is -1.10. The van der Waals surface area contributed by atoms with E-state index in [0.717, 1.165) is 5.56 Å². The maximum atomic E-state index is 11.3. The molecule has 0 amide bonds. The normalized spacial score (nSPS) is 24.4. The number of benzene rings is 1. The van der Waals surface area contributed by atoms with Gasteiger partial charge in [0.1, 0.15) is 6.04 Å². The molecule has 1 aliphatic rings. The number of carbonyl (C=O) groups is 1. The number of carbonyl (C=O) groups excluding carboxylic acids is 1. The van der Waals surface area contributed by atoms with Gasteiger partial charge in [-0.3, -0.25) is 4.79 Å². The molecular formula is C11H13ClN2O2. The summed E-state index contributed by atoms with van der Waals surface area (Å²) in [6, 6.07) is 7.37. The number of rotatable bonds is 2. The average Bonchev–Trinajstić information content (AvgIpc) is 2.77. The fourth-order valence-corrected chi connectivity index (χ4v) is 1.99. The van der Waals surface area contributed by atoms with Gasteiger partial charge in [0.15, 0.2) is 0 Å². The lowest BCUT2D eigenvalue weighted by atomic mass is 10.0. The molecular weight excluding hydrogens is 228 g/mol. The van der Waals surface area contributed by atoms with E-state index in [9.17, 15) is 4.79 Å². The molecule has 0 saturated carbocycles. The second-order valence-electron chi connectivity index (χ2n) is 3.71. The minimum atomic E-state index is -0.297. The molecule has 0 aliphatic carbocycles. The number of esters is 1. The average molecular weight is 241 g/mol. The van der Waals surface area contributed by atoms with E-state index in [0.29, 0.717) is 11.4 Å². The van der Waals surface area contributed by atoms with Crippen LogP contribution < -0.4 is 10.9 Å². The first-order chi connectivity index (χ1) is 7.70. The molecule has 1 aromatic carbocycles. The zero-order chi connectivity index (χ0) is 11.5. The van der Waals surface area contributed by atoms with E-state index in [1.807, 2.05) is 24.3 Å². The Morgan fingerprint density at radius 1 is 1.50 bits per heavy atom. The summed E-state index contributed by atoms with van der Waals surface area (Å²) in [7, 11) is 1.39. The molecule has 2 rings (SSSR count). The van der Waals surface area contributed by atoms with Crippen LogP contribution in [0.25, 0.3) is 0 Å². The van der Waals surface area contributed by atoms with Crippen molar-refractivity contribution >= 4 is 17.6 Å². The summed E-state index contributed by atoms with van der Waals surface area (Å²) >= 11 is 5.91. The Balaban J connectivity index is 2.06. The molecule has 2 unspecified atom stereocenters. The van der Waals surface area contributed by atoms with Crippen LogP contribution in [0.2, 0.25) is 5.02 Å². The van der Waals surface area contributed by atoms with Crippen LogP contribution in [0, 0.1) is 0 Å². The smallest absolute Gasteiger partial charge is 0.324 e. The molecule has 2 N–H and O–H groups in total. The third kappa shape index (κ3) is 2.35. The second-order valence-corrected chi connectivity index (χ2v) is 4.14.